The van der Waals surface area contributed by atoms with Gasteiger partial charge in [-0.1, -0.05) is 19.0 Å². The highest BCUT2D eigenvalue weighted by molar-refractivity contribution is 8.00. The molecule has 0 radical (unpaired) electrons. The number of aromatic nitrogens is 1. The average Bonchev–Trinajstić information content (AvgIpc) is 2.77. The Kier molecular flexibility index (Phi) is 5.84. The van der Waals surface area contributed by atoms with Gasteiger partial charge in [0.15, 0.2) is 0 Å². The van der Waals surface area contributed by atoms with Crippen molar-refractivity contribution in [1.82, 2.24) is 5.16 Å². The van der Waals surface area contributed by atoms with Gasteiger partial charge in [0.2, 0.25) is 11.8 Å². The predicted octanol–water partition coefficient (Wildman–Crippen LogP) is 0.882. The molecule has 0 aliphatic heterocycles. The first-order valence-corrected chi connectivity index (χ1v) is 6.88. The van der Waals surface area contributed by atoms with Crippen LogP contribution in [0.1, 0.15) is 25.5 Å². The van der Waals surface area contributed by atoms with Crippen LogP contribution in [0.5, 0.6) is 0 Å². The number of rotatable bonds is 7. The van der Waals surface area contributed by atoms with Crippen LogP contribution >= 0.6 is 11.8 Å². The van der Waals surface area contributed by atoms with Gasteiger partial charge in [-0.05, 0) is 5.92 Å². The summed E-state index contributed by atoms with van der Waals surface area (Å²) in [6, 6.07) is 0.701. The quantitative estimate of drug-likeness (QED) is 0.681. The molecule has 8 heteroatoms. The van der Waals surface area contributed by atoms with Crippen molar-refractivity contribution in [2.24, 2.45) is 5.73 Å². The predicted molar refractivity (Wildman–Crippen MR) is 72.2 cm³/mol. The maximum Gasteiger partial charge on any atom is 0.321 e. The van der Waals surface area contributed by atoms with E-state index < -0.39 is 12.0 Å². The summed E-state index contributed by atoms with van der Waals surface area (Å²) in [4.78, 5) is 22.0. The second-order valence-electron chi connectivity index (χ2n) is 4.28. The topological polar surface area (TPSA) is 118 Å². The Morgan fingerprint density at radius 1 is 1.58 bits per heavy atom. The fourth-order valence-electron chi connectivity index (χ4n) is 1.14. The molecule has 0 spiro atoms. The third-order valence-corrected chi connectivity index (χ3v) is 3.29. The zero-order chi connectivity index (χ0) is 14.4. The summed E-state index contributed by atoms with van der Waals surface area (Å²) < 4.78 is 4.95. The molecule has 1 rings (SSSR count). The largest absolute Gasteiger partial charge is 0.480 e. The van der Waals surface area contributed by atoms with E-state index in [0.717, 1.165) is 17.5 Å². The Morgan fingerprint density at radius 2 is 2.26 bits per heavy atom. The third kappa shape index (κ3) is 5.31. The summed E-state index contributed by atoms with van der Waals surface area (Å²) >= 11 is 1.15. The lowest BCUT2D eigenvalue weighted by atomic mass is 10.1. The molecule has 0 aliphatic rings. The minimum absolute atomic E-state index is 0.110. The first-order chi connectivity index (χ1) is 8.90. The highest BCUT2D eigenvalue weighted by Crippen LogP contribution is 2.17. The molecule has 7 nitrogen and oxygen atoms in total. The standard InChI is InChI=1S/C11H17N3O4S/c1-6(2)8-3-10(18-14-8)13-9(15)5-19-4-7(12)11(16)17/h3,6-7H,4-5,12H2,1-2H3,(H,13,15)(H,16,17)/t7-/m1/s1. The Morgan fingerprint density at radius 3 is 2.79 bits per heavy atom. The van der Waals surface area contributed by atoms with Crippen LogP contribution in [-0.2, 0) is 9.59 Å². The molecule has 0 unspecified atom stereocenters. The van der Waals surface area contributed by atoms with Crippen LogP contribution in [0.25, 0.3) is 0 Å². The van der Waals surface area contributed by atoms with Crippen LogP contribution in [0.15, 0.2) is 10.6 Å². The van der Waals surface area contributed by atoms with Gasteiger partial charge >= 0.3 is 5.97 Å². The minimum atomic E-state index is -1.08. The molecule has 106 valence electrons. The van der Waals surface area contributed by atoms with Crippen molar-refractivity contribution in [2.45, 2.75) is 25.8 Å². The van der Waals surface area contributed by atoms with Gasteiger partial charge in [0.05, 0.1) is 11.4 Å². The summed E-state index contributed by atoms with van der Waals surface area (Å²) in [6.45, 7) is 3.93. The van der Waals surface area contributed by atoms with E-state index in [2.05, 4.69) is 10.5 Å². The Labute approximate surface area is 114 Å². The van der Waals surface area contributed by atoms with Crippen LogP contribution in [0.4, 0.5) is 5.88 Å². The molecule has 1 atom stereocenters. The smallest absolute Gasteiger partial charge is 0.321 e. The fourth-order valence-corrected chi connectivity index (χ4v) is 1.92. The number of nitrogens with one attached hydrogen (secondary N) is 1. The SMILES string of the molecule is CC(C)c1cc(NC(=O)CSC[C@@H](N)C(=O)O)on1. The number of anilines is 1. The van der Waals surface area contributed by atoms with E-state index in [9.17, 15) is 9.59 Å². The lowest BCUT2D eigenvalue weighted by molar-refractivity contribution is -0.137. The molecular weight excluding hydrogens is 270 g/mol. The lowest BCUT2D eigenvalue weighted by Gasteiger charge is -2.05. The molecule has 0 saturated heterocycles. The molecular formula is C11H17N3O4S. The van der Waals surface area contributed by atoms with E-state index >= 15 is 0 Å². The summed E-state index contributed by atoms with van der Waals surface area (Å²) in [5.41, 5.74) is 6.07. The van der Waals surface area contributed by atoms with Crippen LogP contribution in [0.3, 0.4) is 0 Å². The molecule has 19 heavy (non-hydrogen) atoms. The van der Waals surface area contributed by atoms with Crippen molar-refractivity contribution >= 4 is 29.5 Å². The Balaban J connectivity index is 2.32. The normalized spacial score (nSPS) is 12.4. The zero-order valence-corrected chi connectivity index (χ0v) is 11.6. The van der Waals surface area contributed by atoms with Crippen molar-refractivity contribution in [1.29, 1.82) is 0 Å². The van der Waals surface area contributed by atoms with Crippen LogP contribution in [0, 0.1) is 0 Å². The van der Waals surface area contributed by atoms with E-state index in [-0.39, 0.29) is 29.2 Å². The maximum absolute atomic E-state index is 11.5. The van der Waals surface area contributed by atoms with Crippen molar-refractivity contribution < 1.29 is 19.2 Å². The molecule has 0 fully saturated rings. The van der Waals surface area contributed by atoms with Crippen molar-refractivity contribution in [3.05, 3.63) is 11.8 Å². The number of carboxylic acids is 1. The zero-order valence-electron chi connectivity index (χ0n) is 10.8. The molecule has 4 N–H and O–H groups in total. The highest BCUT2D eigenvalue weighted by atomic mass is 32.2. The first-order valence-electron chi connectivity index (χ1n) is 5.72. The van der Waals surface area contributed by atoms with Gasteiger partial charge in [0.1, 0.15) is 6.04 Å². The van der Waals surface area contributed by atoms with Gasteiger partial charge in [0.25, 0.3) is 0 Å². The van der Waals surface area contributed by atoms with E-state index in [1.54, 1.807) is 6.07 Å². The number of carbonyl (C=O) groups is 2. The number of amides is 1. The summed E-state index contributed by atoms with van der Waals surface area (Å²) in [5, 5.41) is 14.9. The summed E-state index contributed by atoms with van der Waals surface area (Å²) in [7, 11) is 0. The summed E-state index contributed by atoms with van der Waals surface area (Å²) in [5.74, 6) is -0.567. The summed E-state index contributed by atoms with van der Waals surface area (Å²) in [6.07, 6.45) is 0. The third-order valence-electron chi connectivity index (χ3n) is 2.23. The fraction of sp³-hybridized carbons (Fsp3) is 0.545. The van der Waals surface area contributed by atoms with Crippen LogP contribution < -0.4 is 11.1 Å². The highest BCUT2D eigenvalue weighted by Gasteiger charge is 2.13. The van der Waals surface area contributed by atoms with Gasteiger partial charge < -0.3 is 15.4 Å². The second kappa shape index (κ2) is 7.15. The minimum Gasteiger partial charge on any atom is -0.480 e. The molecule has 1 heterocycles. The van der Waals surface area contributed by atoms with Gasteiger partial charge in [-0.25, -0.2) is 0 Å². The number of carbonyl (C=O) groups excluding carboxylic acids is 1. The number of aliphatic carboxylic acids is 1. The number of nitrogens with zero attached hydrogens (tertiary/aromatic N) is 1. The lowest BCUT2D eigenvalue weighted by Crippen LogP contribution is -2.33. The van der Waals surface area contributed by atoms with E-state index in [0.29, 0.717) is 0 Å². The van der Waals surface area contributed by atoms with Crippen molar-refractivity contribution in [3.8, 4) is 0 Å². The van der Waals surface area contributed by atoms with Crippen LogP contribution in [0.2, 0.25) is 0 Å². The maximum atomic E-state index is 11.5. The van der Waals surface area contributed by atoms with E-state index in [4.69, 9.17) is 15.4 Å². The van der Waals surface area contributed by atoms with Gasteiger partial charge in [-0.2, -0.15) is 0 Å². The van der Waals surface area contributed by atoms with Gasteiger partial charge in [-0.15, -0.1) is 11.8 Å². The number of carboxylic acid groups (broad SMARTS) is 1. The molecule has 0 aliphatic carbocycles. The second-order valence-corrected chi connectivity index (χ2v) is 5.31. The first kappa shape index (κ1) is 15.5. The number of nitrogens with two attached hydrogens (primary N) is 1. The van der Waals surface area contributed by atoms with E-state index in [1.165, 1.54) is 0 Å². The van der Waals surface area contributed by atoms with Gasteiger partial charge in [-0.3, -0.25) is 14.9 Å². The van der Waals surface area contributed by atoms with Crippen molar-refractivity contribution in [2.75, 3.05) is 16.8 Å². The number of hydrogen-bond acceptors (Lipinski definition) is 6. The monoisotopic (exact) mass is 287 g/mol. The molecule has 0 bridgehead atoms. The Bertz CT molecular complexity index is 447. The number of thioether (sulfide) groups is 1. The Hall–Kier alpha value is -1.54. The molecule has 0 aromatic carbocycles. The number of hydrogen-bond donors (Lipinski definition) is 3. The average molecular weight is 287 g/mol. The molecule has 1 aromatic rings. The van der Waals surface area contributed by atoms with Gasteiger partial charge in [0, 0.05) is 11.8 Å². The van der Waals surface area contributed by atoms with E-state index in [1.807, 2.05) is 13.8 Å². The van der Waals surface area contributed by atoms with Crippen molar-refractivity contribution in [3.63, 3.8) is 0 Å². The van der Waals surface area contributed by atoms with Crippen LogP contribution in [-0.4, -0.2) is 39.7 Å². The molecule has 1 aromatic heterocycles. The molecule has 0 saturated carbocycles. The molecule has 1 amide bonds.